The molecule has 0 bridgehead atoms. The molecule has 6 rings (SSSR count). The number of carboxylic acid groups (broad SMARTS) is 1. The first kappa shape index (κ1) is 28.6. The summed E-state index contributed by atoms with van der Waals surface area (Å²) in [5.41, 5.74) is 7.42. The summed E-state index contributed by atoms with van der Waals surface area (Å²) >= 11 is 7.79. The number of fused-ring (bicyclic) bond motifs is 2. The van der Waals surface area contributed by atoms with Crippen molar-refractivity contribution in [1.29, 1.82) is 0 Å². The second kappa shape index (κ2) is 10.9. The number of benzene rings is 3. The third-order valence-corrected chi connectivity index (χ3v) is 8.77. The summed E-state index contributed by atoms with van der Waals surface area (Å²) in [6, 6.07) is 15.8. The highest BCUT2D eigenvalue weighted by Gasteiger charge is 2.32. The van der Waals surface area contributed by atoms with Gasteiger partial charge in [0.1, 0.15) is 5.01 Å². The minimum atomic E-state index is -1.16. The fourth-order valence-electron chi connectivity index (χ4n) is 5.54. The van der Waals surface area contributed by atoms with Crippen LogP contribution in [0.1, 0.15) is 50.1 Å². The molecule has 3 heterocycles. The van der Waals surface area contributed by atoms with Crippen molar-refractivity contribution in [2.24, 2.45) is 7.05 Å². The topological polar surface area (TPSA) is 86.5 Å². The SMILES string of the molecule is Cc1cc2nc(-c3ccc4c(c3)c(C3=CCOCC3)nn4C)sc2c(-c2ccc(Cl)cc2)c1C(OC(C)(C)C)C(=O)O. The predicted molar refractivity (Wildman–Crippen MR) is 169 cm³/mol. The molecular weight excluding hydrogens is 570 g/mol. The highest BCUT2D eigenvalue weighted by atomic mass is 35.5. The minimum absolute atomic E-state index is 0.594. The number of aryl methyl sites for hydroxylation is 2. The molecule has 42 heavy (non-hydrogen) atoms. The van der Waals surface area contributed by atoms with Crippen molar-refractivity contribution in [2.45, 2.75) is 45.8 Å². The molecule has 1 unspecified atom stereocenters. The number of halogens is 1. The lowest BCUT2D eigenvalue weighted by Gasteiger charge is -2.28. The van der Waals surface area contributed by atoms with Crippen LogP contribution in [-0.4, -0.2) is 44.7 Å². The molecular formula is C33H32ClN3O4S. The van der Waals surface area contributed by atoms with E-state index in [1.165, 1.54) is 5.57 Å². The van der Waals surface area contributed by atoms with Gasteiger partial charge >= 0.3 is 5.97 Å². The number of nitrogens with zero attached hydrogens (tertiary/aromatic N) is 3. The van der Waals surface area contributed by atoms with Crippen LogP contribution in [0.5, 0.6) is 0 Å². The number of hydrogen-bond donors (Lipinski definition) is 1. The maximum Gasteiger partial charge on any atom is 0.337 e. The number of carbonyl (C=O) groups is 1. The third kappa shape index (κ3) is 5.36. The molecule has 7 nitrogen and oxygen atoms in total. The highest BCUT2D eigenvalue weighted by molar-refractivity contribution is 7.22. The zero-order valence-corrected chi connectivity index (χ0v) is 25.8. The summed E-state index contributed by atoms with van der Waals surface area (Å²) in [5.74, 6) is -1.04. The van der Waals surface area contributed by atoms with Gasteiger partial charge < -0.3 is 14.6 Å². The van der Waals surface area contributed by atoms with Crippen molar-refractivity contribution in [1.82, 2.24) is 14.8 Å². The Hall–Kier alpha value is -3.56. The fourth-order valence-corrected chi connectivity index (χ4v) is 6.79. The van der Waals surface area contributed by atoms with Crippen LogP contribution in [-0.2, 0) is 21.3 Å². The smallest absolute Gasteiger partial charge is 0.337 e. The van der Waals surface area contributed by atoms with Crippen LogP contribution in [0.3, 0.4) is 0 Å². The lowest BCUT2D eigenvalue weighted by Crippen LogP contribution is -2.28. The van der Waals surface area contributed by atoms with E-state index in [1.54, 1.807) is 11.3 Å². The fraction of sp³-hybridized carbons (Fsp3) is 0.303. The van der Waals surface area contributed by atoms with E-state index >= 15 is 0 Å². The van der Waals surface area contributed by atoms with E-state index in [0.29, 0.717) is 23.8 Å². The van der Waals surface area contributed by atoms with Gasteiger partial charge in [0.25, 0.3) is 0 Å². The van der Waals surface area contributed by atoms with Crippen LogP contribution in [0.4, 0.5) is 0 Å². The minimum Gasteiger partial charge on any atom is -0.479 e. The third-order valence-electron chi connectivity index (χ3n) is 7.38. The molecule has 1 aliphatic rings. The lowest BCUT2D eigenvalue weighted by atomic mass is 9.91. The normalized spacial score (nSPS) is 14.9. The van der Waals surface area contributed by atoms with Crippen LogP contribution in [0.2, 0.25) is 5.02 Å². The zero-order chi connectivity index (χ0) is 29.8. The maximum absolute atomic E-state index is 12.6. The molecule has 3 aromatic carbocycles. The van der Waals surface area contributed by atoms with Gasteiger partial charge in [-0.15, -0.1) is 11.3 Å². The average molecular weight is 602 g/mol. The Balaban J connectivity index is 1.57. The number of thiazole rings is 1. The monoisotopic (exact) mass is 601 g/mol. The van der Waals surface area contributed by atoms with Gasteiger partial charge in [-0.2, -0.15) is 5.10 Å². The molecule has 5 aromatic rings. The number of carboxylic acids is 1. The number of aliphatic carboxylic acids is 1. The van der Waals surface area contributed by atoms with Gasteiger partial charge in [0.2, 0.25) is 0 Å². The van der Waals surface area contributed by atoms with Gasteiger partial charge in [0.05, 0.1) is 40.2 Å². The van der Waals surface area contributed by atoms with Crippen molar-refractivity contribution in [3.05, 3.63) is 76.5 Å². The standard InChI is InChI=1S/C33H32ClN3O4S/c1-18-16-24-30(27(19-6-9-22(34)10-7-19)26(18)29(32(38)39)41-33(2,3)4)42-31(35-24)21-8-11-25-23(17-21)28(36-37(25)5)20-12-14-40-15-13-20/h6-12,16-17,29H,13-15H2,1-5H3,(H,38,39). The molecule has 0 saturated carbocycles. The van der Waals surface area contributed by atoms with Crippen molar-refractivity contribution in [3.63, 3.8) is 0 Å². The Morgan fingerprint density at radius 2 is 1.88 bits per heavy atom. The first-order valence-corrected chi connectivity index (χ1v) is 15.0. The average Bonchev–Trinajstić information content (AvgIpc) is 3.52. The van der Waals surface area contributed by atoms with Gasteiger partial charge in [-0.1, -0.05) is 29.8 Å². The molecule has 9 heteroatoms. The summed E-state index contributed by atoms with van der Waals surface area (Å²) in [4.78, 5) is 17.7. The molecule has 216 valence electrons. The quantitative estimate of drug-likeness (QED) is 0.211. The van der Waals surface area contributed by atoms with Gasteiger partial charge in [0.15, 0.2) is 6.10 Å². The Bertz CT molecular complexity index is 1860. The molecule has 0 saturated heterocycles. The molecule has 2 aromatic heterocycles. The first-order chi connectivity index (χ1) is 20.0. The molecule has 0 spiro atoms. The number of aromatic nitrogens is 3. The van der Waals surface area contributed by atoms with Crippen LogP contribution < -0.4 is 0 Å². The van der Waals surface area contributed by atoms with E-state index in [4.69, 9.17) is 31.2 Å². The Labute approximate surface area is 253 Å². The van der Waals surface area contributed by atoms with Crippen molar-refractivity contribution in [2.75, 3.05) is 13.2 Å². The summed E-state index contributed by atoms with van der Waals surface area (Å²) < 4.78 is 14.5. The number of hydrogen-bond acceptors (Lipinski definition) is 6. The molecule has 0 amide bonds. The summed E-state index contributed by atoms with van der Waals surface area (Å²) in [6.45, 7) is 8.79. The lowest BCUT2D eigenvalue weighted by molar-refractivity contribution is -0.160. The van der Waals surface area contributed by atoms with Gasteiger partial charge in [0, 0.05) is 34.1 Å². The Kier molecular flexibility index (Phi) is 7.43. The Morgan fingerprint density at radius 3 is 2.55 bits per heavy atom. The van der Waals surface area contributed by atoms with E-state index in [2.05, 4.69) is 24.3 Å². The van der Waals surface area contributed by atoms with Crippen LogP contribution >= 0.6 is 22.9 Å². The molecule has 0 fully saturated rings. The van der Waals surface area contributed by atoms with Crippen LogP contribution in [0.25, 0.3) is 48.4 Å². The summed E-state index contributed by atoms with van der Waals surface area (Å²) in [6.07, 6.45) is 1.77. The van der Waals surface area contributed by atoms with E-state index in [0.717, 1.165) is 60.5 Å². The molecule has 1 atom stereocenters. The molecule has 1 N–H and O–H groups in total. The van der Waals surface area contributed by atoms with E-state index in [1.807, 2.05) is 69.8 Å². The predicted octanol–water partition coefficient (Wildman–Crippen LogP) is 8.22. The van der Waals surface area contributed by atoms with E-state index in [9.17, 15) is 9.90 Å². The molecule has 0 radical (unpaired) electrons. The second-order valence-corrected chi connectivity index (χ2v) is 13.0. The van der Waals surface area contributed by atoms with Crippen molar-refractivity contribution < 1.29 is 19.4 Å². The van der Waals surface area contributed by atoms with Gasteiger partial charge in [-0.25, -0.2) is 9.78 Å². The van der Waals surface area contributed by atoms with Gasteiger partial charge in [-0.3, -0.25) is 4.68 Å². The summed E-state index contributed by atoms with van der Waals surface area (Å²) in [5, 5.41) is 17.7. The van der Waals surface area contributed by atoms with Gasteiger partial charge in [-0.05, 0) is 87.2 Å². The van der Waals surface area contributed by atoms with Crippen molar-refractivity contribution >= 4 is 55.6 Å². The largest absolute Gasteiger partial charge is 0.479 e. The molecule has 0 aliphatic carbocycles. The highest BCUT2D eigenvalue weighted by Crippen LogP contribution is 2.45. The van der Waals surface area contributed by atoms with E-state index < -0.39 is 17.7 Å². The summed E-state index contributed by atoms with van der Waals surface area (Å²) in [7, 11) is 1.96. The second-order valence-electron chi connectivity index (χ2n) is 11.6. The number of ether oxygens (including phenoxy) is 2. The zero-order valence-electron chi connectivity index (χ0n) is 24.2. The Morgan fingerprint density at radius 1 is 1.14 bits per heavy atom. The van der Waals surface area contributed by atoms with Crippen LogP contribution in [0.15, 0.2) is 54.6 Å². The first-order valence-electron chi connectivity index (χ1n) is 13.8. The van der Waals surface area contributed by atoms with E-state index in [-0.39, 0.29) is 0 Å². The van der Waals surface area contributed by atoms with Crippen molar-refractivity contribution in [3.8, 4) is 21.7 Å². The molecule has 1 aliphatic heterocycles. The maximum atomic E-state index is 12.6. The number of rotatable bonds is 6. The van der Waals surface area contributed by atoms with Crippen LogP contribution in [0, 0.1) is 6.92 Å².